The third kappa shape index (κ3) is 3.03. The van der Waals surface area contributed by atoms with Gasteiger partial charge in [-0.15, -0.1) is 0 Å². The zero-order chi connectivity index (χ0) is 16.4. The molecular weight excluding hydrogens is 318 g/mol. The van der Waals surface area contributed by atoms with Crippen molar-refractivity contribution in [2.24, 2.45) is 5.10 Å². The molecule has 0 bridgehead atoms. The largest absolute Gasteiger partial charge is 0.265 e. The van der Waals surface area contributed by atoms with Crippen LogP contribution in [0.4, 0.5) is 5.69 Å². The van der Waals surface area contributed by atoms with Crippen LogP contribution in [0, 0.1) is 0 Å². The molecule has 4 rings (SSSR count). The monoisotopic (exact) mass is 333 g/mol. The first-order valence-electron chi connectivity index (χ1n) is 7.87. The van der Waals surface area contributed by atoms with Gasteiger partial charge in [-0.1, -0.05) is 35.9 Å². The van der Waals surface area contributed by atoms with Crippen LogP contribution in [0.1, 0.15) is 16.7 Å². The summed E-state index contributed by atoms with van der Waals surface area (Å²) in [6.45, 7) is 0.762. The number of pyridine rings is 1. The standard InChI is InChI=1S/C20H16ClN3/c21-17-5-7-18(8-6-17)24-14-16-3-1-2-4-19(16)20(23-24)13-15-9-11-22-12-10-15/h1-12H,13-14H2. The van der Waals surface area contributed by atoms with Crippen molar-refractivity contribution in [2.45, 2.75) is 13.0 Å². The second kappa shape index (κ2) is 6.46. The van der Waals surface area contributed by atoms with Crippen LogP contribution in [0.25, 0.3) is 0 Å². The lowest BCUT2D eigenvalue weighted by molar-refractivity contribution is 0.831. The minimum atomic E-state index is 0.733. The summed E-state index contributed by atoms with van der Waals surface area (Å²) in [4.78, 5) is 4.09. The van der Waals surface area contributed by atoms with Gasteiger partial charge in [-0.2, -0.15) is 5.10 Å². The second-order valence-electron chi connectivity index (χ2n) is 5.77. The van der Waals surface area contributed by atoms with Crippen LogP contribution < -0.4 is 5.01 Å². The molecule has 0 amide bonds. The van der Waals surface area contributed by atoms with Gasteiger partial charge in [0.2, 0.25) is 0 Å². The average Bonchev–Trinajstić information content (AvgIpc) is 2.63. The van der Waals surface area contributed by atoms with Crippen molar-refractivity contribution < 1.29 is 0 Å². The zero-order valence-corrected chi connectivity index (χ0v) is 13.8. The van der Waals surface area contributed by atoms with Gasteiger partial charge in [0.15, 0.2) is 0 Å². The normalized spacial score (nSPS) is 13.4. The molecule has 1 aromatic heterocycles. The summed E-state index contributed by atoms with van der Waals surface area (Å²) in [6.07, 6.45) is 4.42. The Morgan fingerprint density at radius 2 is 1.67 bits per heavy atom. The maximum Gasteiger partial charge on any atom is 0.0729 e. The fourth-order valence-electron chi connectivity index (χ4n) is 2.92. The molecular formula is C20H16ClN3. The summed E-state index contributed by atoms with van der Waals surface area (Å²) in [6, 6.07) is 20.3. The van der Waals surface area contributed by atoms with Crippen LogP contribution >= 0.6 is 11.6 Å². The van der Waals surface area contributed by atoms with E-state index in [9.17, 15) is 0 Å². The Hall–Kier alpha value is -2.65. The van der Waals surface area contributed by atoms with Gasteiger partial charge in [0.25, 0.3) is 0 Å². The van der Waals surface area contributed by atoms with Crippen molar-refractivity contribution in [3.63, 3.8) is 0 Å². The molecule has 24 heavy (non-hydrogen) atoms. The van der Waals surface area contributed by atoms with E-state index in [2.05, 4.69) is 29.2 Å². The van der Waals surface area contributed by atoms with E-state index in [0.717, 1.165) is 29.4 Å². The number of rotatable bonds is 3. The Morgan fingerprint density at radius 3 is 2.46 bits per heavy atom. The number of hydrazone groups is 1. The molecule has 2 heterocycles. The summed E-state index contributed by atoms with van der Waals surface area (Å²) in [5.74, 6) is 0. The molecule has 3 nitrogen and oxygen atoms in total. The number of hydrogen-bond acceptors (Lipinski definition) is 3. The smallest absolute Gasteiger partial charge is 0.0729 e. The second-order valence-corrected chi connectivity index (χ2v) is 6.21. The van der Waals surface area contributed by atoms with Crippen LogP contribution in [-0.2, 0) is 13.0 Å². The van der Waals surface area contributed by atoms with Gasteiger partial charge in [-0.05, 0) is 47.5 Å². The summed E-state index contributed by atoms with van der Waals surface area (Å²) in [5, 5.41) is 7.68. The lowest BCUT2D eigenvalue weighted by Gasteiger charge is -2.27. The molecule has 1 aliphatic rings. The highest BCUT2D eigenvalue weighted by Gasteiger charge is 2.19. The highest BCUT2D eigenvalue weighted by atomic mass is 35.5. The number of anilines is 1. The van der Waals surface area contributed by atoms with E-state index >= 15 is 0 Å². The van der Waals surface area contributed by atoms with E-state index in [-0.39, 0.29) is 0 Å². The average molecular weight is 334 g/mol. The van der Waals surface area contributed by atoms with E-state index in [1.54, 1.807) is 0 Å². The van der Waals surface area contributed by atoms with E-state index in [4.69, 9.17) is 16.7 Å². The van der Waals surface area contributed by atoms with E-state index in [1.807, 2.05) is 53.8 Å². The fraction of sp³-hybridized carbons (Fsp3) is 0.100. The first kappa shape index (κ1) is 14.9. The predicted molar refractivity (Wildman–Crippen MR) is 98.6 cm³/mol. The van der Waals surface area contributed by atoms with Crippen molar-refractivity contribution in [3.05, 3.63) is 94.8 Å². The van der Waals surface area contributed by atoms with Crippen molar-refractivity contribution in [3.8, 4) is 0 Å². The van der Waals surface area contributed by atoms with Crippen LogP contribution in [0.5, 0.6) is 0 Å². The Labute approximate surface area is 146 Å². The van der Waals surface area contributed by atoms with Crippen LogP contribution in [0.2, 0.25) is 5.02 Å². The van der Waals surface area contributed by atoms with Crippen molar-refractivity contribution in [2.75, 3.05) is 5.01 Å². The van der Waals surface area contributed by atoms with Gasteiger partial charge in [-0.3, -0.25) is 9.99 Å². The number of aromatic nitrogens is 1. The molecule has 2 aromatic carbocycles. The molecule has 0 N–H and O–H groups in total. The lowest BCUT2D eigenvalue weighted by Crippen LogP contribution is -2.26. The molecule has 0 spiro atoms. The van der Waals surface area contributed by atoms with E-state index in [0.29, 0.717) is 0 Å². The maximum atomic E-state index is 6.01. The Morgan fingerprint density at radius 1 is 0.917 bits per heavy atom. The summed E-state index contributed by atoms with van der Waals surface area (Å²) >= 11 is 6.01. The van der Waals surface area contributed by atoms with E-state index in [1.165, 1.54) is 16.7 Å². The fourth-order valence-corrected chi connectivity index (χ4v) is 3.05. The summed E-state index contributed by atoms with van der Waals surface area (Å²) < 4.78 is 0. The van der Waals surface area contributed by atoms with Gasteiger partial charge < -0.3 is 0 Å². The van der Waals surface area contributed by atoms with Crippen LogP contribution in [-0.4, -0.2) is 10.7 Å². The van der Waals surface area contributed by atoms with Crippen LogP contribution in [0.15, 0.2) is 78.2 Å². The third-order valence-electron chi connectivity index (χ3n) is 4.14. The Bertz CT molecular complexity index is 873. The summed E-state index contributed by atoms with van der Waals surface area (Å²) in [7, 11) is 0. The van der Waals surface area contributed by atoms with Gasteiger partial charge >= 0.3 is 0 Å². The van der Waals surface area contributed by atoms with Gasteiger partial charge in [0.1, 0.15) is 0 Å². The number of fused-ring (bicyclic) bond motifs is 1. The third-order valence-corrected chi connectivity index (χ3v) is 4.39. The maximum absolute atomic E-state index is 6.01. The molecule has 0 aliphatic carbocycles. The van der Waals surface area contributed by atoms with Gasteiger partial charge in [-0.25, -0.2) is 0 Å². The topological polar surface area (TPSA) is 28.5 Å². The van der Waals surface area contributed by atoms with Crippen molar-refractivity contribution in [1.29, 1.82) is 0 Å². The quantitative estimate of drug-likeness (QED) is 0.695. The molecule has 118 valence electrons. The number of hydrogen-bond donors (Lipinski definition) is 0. The lowest BCUT2D eigenvalue weighted by atomic mass is 9.96. The molecule has 0 fully saturated rings. The van der Waals surface area contributed by atoms with Crippen molar-refractivity contribution >= 4 is 23.0 Å². The van der Waals surface area contributed by atoms with E-state index < -0.39 is 0 Å². The van der Waals surface area contributed by atoms with Gasteiger partial charge in [0.05, 0.1) is 17.9 Å². The number of nitrogens with zero attached hydrogens (tertiary/aromatic N) is 3. The molecule has 3 aromatic rings. The number of benzene rings is 2. The summed E-state index contributed by atoms with van der Waals surface area (Å²) in [5.41, 5.74) is 5.82. The Kier molecular flexibility index (Phi) is 4.01. The van der Waals surface area contributed by atoms with Crippen LogP contribution in [0.3, 0.4) is 0 Å². The molecule has 0 radical (unpaired) electrons. The molecule has 4 heteroatoms. The SMILES string of the molecule is Clc1ccc(N2Cc3ccccc3C(Cc3ccncc3)=N2)cc1. The molecule has 0 saturated heterocycles. The van der Waals surface area contributed by atoms with Gasteiger partial charge in [0, 0.05) is 29.4 Å². The zero-order valence-electron chi connectivity index (χ0n) is 13.1. The first-order valence-corrected chi connectivity index (χ1v) is 8.25. The van der Waals surface area contributed by atoms with Crippen molar-refractivity contribution in [1.82, 2.24) is 4.98 Å². The molecule has 0 unspecified atom stereocenters. The minimum absolute atomic E-state index is 0.733. The molecule has 0 saturated carbocycles. The highest BCUT2D eigenvalue weighted by molar-refractivity contribution is 6.30. The Balaban J connectivity index is 1.73. The molecule has 1 aliphatic heterocycles. The predicted octanol–water partition coefficient (Wildman–Crippen LogP) is 4.70. The first-order chi connectivity index (χ1) is 11.8. The number of halogens is 1. The minimum Gasteiger partial charge on any atom is -0.265 e. The highest BCUT2D eigenvalue weighted by Crippen LogP contribution is 2.27. The molecule has 0 atom stereocenters.